The van der Waals surface area contributed by atoms with Gasteiger partial charge >= 0.3 is 0 Å². The van der Waals surface area contributed by atoms with Crippen molar-refractivity contribution in [2.75, 3.05) is 0 Å². The van der Waals surface area contributed by atoms with Gasteiger partial charge in [0.1, 0.15) is 0 Å². The molecule has 0 aliphatic rings. The van der Waals surface area contributed by atoms with E-state index in [0.717, 1.165) is 0 Å². The maximum absolute atomic E-state index is 10.3. The summed E-state index contributed by atoms with van der Waals surface area (Å²) >= 11 is 0. The quantitative estimate of drug-likeness (QED) is 0.507. The summed E-state index contributed by atoms with van der Waals surface area (Å²) in [6, 6.07) is 0. The van der Waals surface area contributed by atoms with E-state index in [2.05, 4.69) is 0 Å². The Labute approximate surface area is 61.8 Å². The molecule has 0 aromatic heterocycles. The van der Waals surface area contributed by atoms with Crippen molar-refractivity contribution in [3.8, 4) is 0 Å². The first-order chi connectivity index (χ1) is 3.42. The van der Waals surface area contributed by atoms with Gasteiger partial charge in [-0.25, -0.2) is 0 Å². The molecule has 0 heterocycles. The predicted molar refractivity (Wildman–Crippen MR) is 46.4 cm³/mol. The zero-order valence-electron chi connectivity index (χ0n) is 5.82. The highest BCUT2D eigenvalue weighted by Crippen LogP contribution is 2.01. The van der Waals surface area contributed by atoms with Gasteiger partial charge in [-0.15, -0.1) is 0 Å². The van der Waals surface area contributed by atoms with Gasteiger partial charge in [0.15, 0.2) is 0 Å². The van der Waals surface area contributed by atoms with Crippen molar-refractivity contribution < 1.29 is 9.22 Å². The second kappa shape index (κ2) is 3.84. The molecule has 0 fully saturated rings. The molecule has 0 amide bonds. The van der Waals surface area contributed by atoms with E-state index < -0.39 is 8.32 Å². The molecule has 0 aliphatic heterocycles. The van der Waals surface area contributed by atoms with Crippen LogP contribution in [0.4, 0.5) is 0 Å². The highest BCUT2D eigenvalue weighted by Gasteiger charge is 2.16. The molecule has 0 atom stereocenters. The van der Waals surface area contributed by atoms with Gasteiger partial charge in [0, 0.05) is 6.92 Å². The Kier molecular flexibility index (Phi) is 4.98. The standard InChI is InChI=1S/C5H12O2Si.H4Si/c1-5(6)7-8(2,3)4;/h1-4H3;1H4. The van der Waals surface area contributed by atoms with Crippen molar-refractivity contribution in [3.63, 3.8) is 0 Å². The monoisotopic (exact) mass is 164 g/mol. The molecule has 0 saturated heterocycles. The van der Waals surface area contributed by atoms with Crippen molar-refractivity contribution in [1.82, 2.24) is 0 Å². The summed E-state index contributed by atoms with van der Waals surface area (Å²) in [5.74, 6) is -0.163. The molecule has 0 N–H and O–H groups in total. The Morgan fingerprint density at radius 1 is 1.33 bits per heavy atom. The molecule has 4 heteroatoms. The van der Waals surface area contributed by atoms with Crippen LogP contribution in [0.1, 0.15) is 6.92 Å². The Morgan fingerprint density at radius 3 is 1.67 bits per heavy atom. The summed E-state index contributed by atoms with van der Waals surface area (Å²) < 4.78 is 4.94. The third kappa shape index (κ3) is 11.5. The number of rotatable bonds is 1. The minimum atomic E-state index is -1.57. The number of carbonyl (C=O) groups excluding carboxylic acids is 1. The third-order valence-electron chi connectivity index (χ3n) is 0.450. The van der Waals surface area contributed by atoms with E-state index in [9.17, 15) is 4.79 Å². The topological polar surface area (TPSA) is 26.3 Å². The fraction of sp³-hybridized carbons (Fsp3) is 0.800. The van der Waals surface area contributed by atoms with E-state index in [-0.39, 0.29) is 16.9 Å². The van der Waals surface area contributed by atoms with E-state index in [1.807, 2.05) is 19.6 Å². The van der Waals surface area contributed by atoms with Crippen molar-refractivity contribution in [3.05, 3.63) is 0 Å². The molecule has 0 aromatic carbocycles. The van der Waals surface area contributed by atoms with Crippen LogP contribution in [0.25, 0.3) is 0 Å². The summed E-state index contributed by atoms with van der Waals surface area (Å²) in [4.78, 5) is 10.3. The number of carbonyl (C=O) groups is 1. The molecule has 0 aliphatic carbocycles. The van der Waals surface area contributed by atoms with Gasteiger partial charge in [-0.1, -0.05) is 0 Å². The number of hydrogen-bond acceptors (Lipinski definition) is 2. The molecule has 0 rings (SSSR count). The van der Waals surface area contributed by atoms with Crippen molar-refractivity contribution in [2.45, 2.75) is 26.6 Å². The van der Waals surface area contributed by atoms with Crippen molar-refractivity contribution >= 4 is 25.3 Å². The van der Waals surface area contributed by atoms with Gasteiger partial charge in [0.2, 0.25) is 8.32 Å². The highest BCUT2D eigenvalue weighted by molar-refractivity contribution is 6.71. The van der Waals surface area contributed by atoms with Gasteiger partial charge in [-0.05, 0) is 30.6 Å². The van der Waals surface area contributed by atoms with E-state index in [1.54, 1.807) is 0 Å². The molecular weight excluding hydrogens is 148 g/mol. The smallest absolute Gasteiger partial charge is 0.289 e. The van der Waals surface area contributed by atoms with Crippen LogP contribution in [0.5, 0.6) is 0 Å². The second-order valence-corrected chi connectivity index (χ2v) is 7.13. The second-order valence-electron chi connectivity index (χ2n) is 2.71. The van der Waals surface area contributed by atoms with Gasteiger partial charge in [0.25, 0.3) is 5.97 Å². The van der Waals surface area contributed by atoms with E-state index in [4.69, 9.17) is 4.43 Å². The Hall–Kier alpha value is -0.0962. The van der Waals surface area contributed by atoms with Gasteiger partial charge in [-0.3, -0.25) is 4.79 Å². The van der Waals surface area contributed by atoms with Gasteiger partial charge in [-0.2, -0.15) is 0 Å². The maximum atomic E-state index is 10.3. The van der Waals surface area contributed by atoms with Crippen LogP contribution in [0, 0.1) is 0 Å². The van der Waals surface area contributed by atoms with Crippen LogP contribution in [0.2, 0.25) is 19.6 Å². The average molecular weight is 164 g/mol. The van der Waals surface area contributed by atoms with Gasteiger partial charge in [0.05, 0.1) is 0 Å². The fourth-order valence-electron chi connectivity index (χ4n) is 0.431. The summed E-state index contributed by atoms with van der Waals surface area (Å²) in [6.07, 6.45) is 0. The molecule has 0 unspecified atom stereocenters. The lowest BCUT2D eigenvalue weighted by Crippen LogP contribution is -2.27. The minimum Gasteiger partial charge on any atom is -0.520 e. The lowest BCUT2D eigenvalue weighted by atomic mass is 10.9. The first-order valence-corrected chi connectivity index (χ1v) is 6.02. The van der Waals surface area contributed by atoms with Crippen LogP contribution in [-0.4, -0.2) is 25.3 Å². The first kappa shape index (κ1) is 11.7. The van der Waals surface area contributed by atoms with E-state index >= 15 is 0 Å². The first-order valence-electron chi connectivity index (χ1n) is 2.61. The molecule has 0 radical (unpaired) electrons. The minimum absolute atomic E-state index is 0. The Bertz CT molecular complexity index is 95.6. The summed E-state index contributed by atoms with van der Waals surface area (Å²) in [5.41, 5.74) is 0. The summed E-state index contributed by atoms with van der Waals surface area (Å²) in [7, 11) is -1.57. The van der Waals surface area contributed by atoms with Crippen LogP contribution < -0.4 is 0 Å². The fourth-order valence-corrected chi connectivity index (χ4v) is 1.29. The van der Waals surface area contributed by atoms with Crippen molar-refractivity contribution in [2.24, 2.45) is 0 Å². The zero-order chi connectivity index (χ0) is 6.78. The van der Waals surface area contributed by atoms with Crippen LogP contribution in [0.3, 0.4) is 0 Å². The van der Waals surface area contributed by atoms with E-state index in [1.165, 1.54) is 6.92 Å². The lowest BCUT2D eigenvalue weighted by Gasteiger charge is -2.14. The highest BCUT2D eigenvalue weighted by atomic mass is 28.4. The molecular formula is C5H16O2Si2. The maximum Gasteiger partial charge on any atom is 0.289 e. The summed E-state index contributed by atoms with van der Waals surface area (Å²) in [5, 5.41) is 0. The zero-order valence-corrected chi connectivity index (χ0v) is 6.82. The Balaban J connectivity index is 0. The molecule has 2 nitrogen and oxygen atoms in total. The average Bonchev–Trinajstić information content (AvgIpc) is 1.21. The molecule has 0 aromatic rings. The van der Waals surface area contributed by atoms with E-state index in [0.29, 0.717) is 0 Å². The van der Waals surface area contributed by atoms with Gasteiger partial charge < -0.3 is 4.43 Å². The predicted octanol–water partition coefficient (Wildman–Crippen LogP) is -0.0672. The molecule has 9 heavy (non-hydrogen) atoms. The van der Waals surface area contributed by atoms with Crippen LogP contribution >= 0.6 is 0 Å². The van der Waals surface area contributed by atoms with Crippen LogP contribution in [0.15, 0.2) is 0 Å². The van der Waals surface area contributed by atoms with Crippen LogP contribution in [-0.2, 0) is 9.22 Å². The molecule has 0 bridgehead atoms. The SMILES string of the molecule is CC(=O)O[Si](C)(C)C.[SiH4]. The van der Waals surface area contributed by atoms with Crippen molar-refractivity contribution in [1.29, 1.82) is 0 Å². The Morgan fingerprint density at radius 2 is 1.67 bits per heavy atom. The normalized spacial score (nSPS) is 9.78. The molecule has 0 saturated carbocycles. The lowest BCUT2D eigenvalue weighted by molar-refractivity contribution is -0.132. The molecule has 56 valence electrons. The summed E-state index contributed by atoms with van der Waals surface area (Å²) in [6.45, 7) is 7.38. The third-order valence-corrected chi connectivity index (χ3v) is 1.35. The largest absolute Gasteiger partial charge is 0.520 e. The number of hydrogen-bond donors (Lipinski definition) is 0. The molecule has 0 spiro atoms.